The predicted molar refractivity (Wildman–Crippen MR) is 328 cm³/mol. The van der Waals surface area contributed by atoms with Gasteiger partial charge in [0.25, 0.3) is 11.8 Å². The Morgan fingerprint density at radius 1 is 0.614 bits per heavy atom. The van der Waals surface area contributed by atoms with E-state index in [2.05, 4.69) is 28.6 Å². The number of aromatic amines is 2. The first kappa shape index (κ1) is 72.0. The first-order valence-corrected chi connectivity index (χ1v) is 26.9. The number of amides is 2. The number of benzene rings is 6. The summed E-state index contributed by atoms with van der Waals surface area (Å²) < 4.78 is 16.3. The van der Waals surface area contributed by atoms with Crippen molar-refractivity contribution in [2.75, 3.05) is 83.5 Å². The summed E-state index contributed by atoms with van der Waals surface area (Å²) in [6.07, 6.45) is 0. The summed E-state index contributed by atoms with van der Waals surface area (Å²) in [5.41, 5.74) is 5.79. The van der Waals surface area contributed by atoms with Crippen molar-refractivity contribution in [3.63, 3.8) is 0 Å². The quantitative estimate of drug-likeness (QED) is 0.0349. The third kappa shape index (κ3) is 16.6. The van der Waals surface area contributed by atoms with Gasteiger partial charge in [0, 0.05) is 159 Å². The van der Waals surface area contributed by atoms with Gasteiger partial charge in [-0.3, -0.25) is 29.0 Å². The Bertz CT molecular complexity index is 3480. The van der Waals surface area contributed by atoms with Crippen LogP contribution in [-0.2, 0) is 79.7 Å². The normalized spacial score (nSPS) is 14.4. The number of aromatic hydroxyl groups is 2. The van der Waals surface area contributed by atoms with Gasteiger partial charge in [-0.15, -0.1) is 23.2 Å². The van der Waals surface area contributed by atoms with E-state index in [1.165, 1.54) is 7.11 Å². The molecule has 0 aliphatic carbocycles. The van der Waals surface area contributed by atoms with E-state index in [1.54, 1.807) is 53.8 Å². The number of H-pyrrole nitrogens is 2. The molecule has 0 spiro atoms. The molecule has 8 aromatic rings. The third-order valence-corrected chi connectivity index (χ3v) is 14.5. The van der Waals surface area contributed by atoms with E-state index in [4.69, 9.17) is 37.8 Å². The van der Waals surface area contributed by atoms with Crippen molar-refractivity contribution >= 4 is 102 Å². The van der Waals surface area contributed by atoms with E-state index in [0.29, 0.717) is 73.7 Å². The van der Waals surface area contributed by atoms with Crippen molar-refractivity contribution in [2.45, 2.75) is 50.3 Å². The van der Waals surface area contributed by atoms with Crippen LogP contribution in [-0.4, -0.2) is 143 Å². The first-order valence-electron chi connectivity index (χ1n) is 26.0. The number of methoxy groups -OCH3 is 1. The van der Waals surface area contributed by atoms with Crippen LogP contribution in [0.4, 0.5) is 11.4 Å². The van der Waals surface area contributed by atoms with Crippen LogP contribution < -0.4 is 19.3 Å². The number of nitrogens with zero attached hydrogens (tertiary/aromatic N) is 4. The zero-order valence-electron chi connectivity index (χ0n) is 48.7. The number of alkyl halides is 2. The van der Waals surface area contributed by atoms with Gasteiger partial charge >= 0.3 is 11.9 Å². The van der Waals surface area contributed by atoms with E-state index in [0.717, 1.165) is 54.5 Å². The van der Waals surface area contributed by atoms with Crippen LogP contribution in [0.5, 0.6) is 23.0 Å². The number of carboxylic acids is 1. The molecule has 440 valence electrons. The second-order valence-electron chi connectivity index (χ2n) is 19.2. The van der Waals surface area contributed by atoms with E-state index in [1.807, 2.05) is 117 Å². The van der Waals surface area contributed by atoms with E-state index in [9.17, 15) is 29.4 Å². The van der Waals surface area contributed by atoms with Gasteiger partial charge < -0.3 is 78.0 Å². The number of likely N-dealkylation sites (N-methyl/N-ethyl adjacent to an activating group) is 2. The molecule has 4 heterocycles. The standard InChI is InChI=1S/C29H30ClN3O5.C28H28ClN3O5.2C2H5.2CH3.2Y/c1-17(30)22-15-33(25-14-26(34)20-6-4-5-7-21(20)28(22)25)29(36)24-13-18-12-19(8-9-23(18)31-24)38-11-10-32(2)16-27(35)37-3;1-16(29)21-14-32(24-13-25(33)19-5-3-4-6-20(19)27(21)24)28(36)23-12-17-11-18(7-8-22(17)30-23)37-10-9-31(2)15-26(34)35;2*1-2;;;;/h4-9,12-14,17,22,31,34H,10-11,15-16H2,1-3H3;3-8,11-13,16,21,30,33H,9-10,14-15H2,1-2H3,(H,34,35);2*1H2,2H3;2*1H3;;/q;;4*-1;;/t17-,22+;16-,21+;;;;;;/m11....../s1. The Kier molecular flexibility index (Phi) is 28.5. The number of aliphatic carboxylic acids is 1. The minimum atomic E-state index is -0.885. The van der Waals surface area contributed by atoms with Crippen molar-refractivity contribution in [2.24, 2.45) is 0 Å². The number of nitrogens with one attached hydrogen (secondary N) is 2. The maximum Gasteiger partial charge on any atom is 0.319 e. The Hall–Kier alpha value is -5.29. The molecule has 2 amide bonds. The summed E-state index contributed by atoms with van der Waals surface area (Å²) in [6, 6.07) is 33.3. The number of ether oxygens (including phenoxy) is 3. The van der Waals surface area contributed by atoms with Crippen molar-refractivity contribution in [1.29, 1.82) is 0 Å². The molecule has 2 aromatic heterocycles. The molecule has 5 N–H and O–H groups in total. The number of rotatable bonds is 16. The molecule has 10 rings (SSSR count). The average Bonchev–Trinajstić information content (AvgIpc) is 4.26. The van der Waals surface area contributed by atoms with Crippen LogP contribution in [0.3, 0.4) is 0 Å². The number of carbonyl (C=O) groups is 4. The summed E-state index contributed by atoms with van der Waals surface area (Å²) >= 11 is 13.2. The molecule has 2 aliphatic heterocycles. The Morgan fingerprint density at radius 3 is 1.35 bits per heavy atom. The van der Waals surface area contributed by atoms with Crippen LogP contribution in [0.1, 0.15) is 71.6 Å². The molecule has 0 bridgehead atoms. The second kappa shape index (κ2) is 32.8. The fourth-order valence-corrected chi connectivity index (χ4v) is 10.5. The number of hydrogen-bond donors (Lipinski definition) is 5. The number of aromatic nitrogens is 2. The number of esters is 1. The topological polar surface area (TPSA) is 201 Å². The summed E-state index contributed by atoms with van der Waals surface area (Å²) in [4.78, 5) is 62.9. The number of carbonyl (C=O) groups excluding carboxylic acids is 3. The number of halogens is 2. The molecule has 16 nitrogen and oxygen atoms in total. The SMILES string of the molecule is COC(=O)CN(C)CCOc1ccc2[nH]c(C(=O)N3C[C@@H]([C@@H](C)Cl)c4c3cc(O)c3ccccc43)cc2c1.C[C@@H](Cl)[C@@H]1CN(C(=O)c2cc3cc(OCCN(C)CC(=O)O)ccc3[nH]2)c2cc(O)c3ccccc3c21.[CH2-]C.[CH2-]C.[CH3-].[CH3-].[Y].[Y]. The molecule has 4 atom stereocenters. The molecule has 0 unspecified atom stereocenters. The van der Waals surface area contributed by atoms with Gasteiger partial charge in [-0.2, -0.15) is 13.8 Å². The molecule has 2 aliphatic rings. The number of fused-ring (bicyclic) bond motifs is 8. The van der Waals surface area contributed by atoms with Crippen LogP contribution in [0.25, 0.3) is 43.4 Å². The van der Waals surface area contributed by atoms with Gasteiger partial charge in [-0.25, -0.2) is 0 Å². The Balaban J connectivity index is 0.000000393. The largest absolute Gasteiger partial charge is 0.507 e. The Morgan fingerprint density at radius 2 is 0.988 bits per heavy atom. The summed E-state index contributed by atoms with van der Waals surface area (Å²) in [5, 5.41) is 34.8. The Labute approximate surface area is 547 Å². The number of phenols is 2. The van der Waals surface area contributed by atoms with E-state index in [-0.39, 0.29) is 145 Å². The molecule has 0 saturated heterocycles. The predicted octanol–water partition coefficient (Wildman–Crippen LogP) is 12.3. The van der Waals surface area contributed by atoms with E-state index >= 15 is 0 Å². The molecule has 20 heteroatoms. The molecule has 6 aromatic carbocycles. The fraction of sp³-hybridized carbons (Fsp3) is 0.302. The minimum absolute atomic E-state index is 0. The number of carboxylic acid groups (broad SMARTS) is 1. The summed E-state index contributed by atoms with van der Waals surface area (Å²) in [5.74, 6) is -0.156. The second-order valence-corrected chi connectivity index (χ2v) is 20.5. The van der Waals surface area contributed by atoms with Crippen molar-refractivity contribution in [1.82, 2.24) is 19.8 Å². The van der Waals surface area contributed by atoms with Gasteiger partial charge in [-0.05, 0) is 98.4 Å². The summed E-state index contributed by atoms with van der Waals surface area (Å²) in [7, 11) is 4.91. The number of hydrogen-bond acceptors (Lipinski definition) is 11. The van der Waals surface area contributed by atoms with Gasteiger partial charge in [0.05, 0.1) is 31.6 Å². The van der Waals surface area contributed by atoms with Crippen LogP contribution >= 0.6 is 23.2 Å². The van der Waals surface area contributed by atoms with E-state index < -0.39 is 5.97 Å². The first-order chi connectivity index (χ1) is 38.0. The molecule has 2 radical (unpaired) electrons. The molecule has 83 heavy (non-hydrogen) atoms. The monoisotopic (exact) mass is 1320 g/mol. The number of phenolic OH excluding ortho intramolecular Hbond substituents is 2. The van der Waals surface area contributed by atoms with Crippen molar-refractivity contribution < 1.29 is 114 Å². The van der Waals surface area contributed by atoms with Crippen LogP contribution in [0.2, 0.25) is 0 Å². The van der Waals surface area contributed by atoms with Gasteiger partial charge in [0.2, 0.25) is 0 Å². The molecule has 0 saturated carbocycles. The zero-order chi connectivity index (χ0) is 57.2. The van der Waals surface area contributed by atoms with Gasteiger partial charge in [0.15, 0.2) is 0 Å². The number of anilines is 2. The van der Waals surface area contributed by atoms with Gasteiger partial charge in [0.1, 0.15) is 47.6 Å². The molecule has 0 fully saturated rings. The van der Waals surface area contributed by atoms with Crippen molar-refractivity contribution in [3.05, 3.63) is 160 Å². The molecular weight excluding hydrogens is 1250 g/mol. The van der Waals surface area contributed by atoms with Gasteiger partial charge in [-0.1, -0.05) is 48.5 Å². The van der Waals surface area contributed by atoms with Crippen molar-refractivity contribution in [3.8, 4) is 23.0 Å². The molecular formula is C63H74Cl2N6O10Y2-4. The average molecular weight is 1320 g/mol. The zero-order valence-corrected chi connectivity index (χ0v) is 55.9. The third-order valence-electron chi connectivity index (χ3n) is 13.9. The summed E-state index contributed by atoms with van der Waals surface area (Å²) in [6.45, 7) is 16.6. The fourth-order valence-electron chi connectivity index (χ4n) is 10.1. The minimum Gasteiger partial charge on any atom is -0.507 e. The van der Waals surface area contributed by atoms with Crippen LogP contribution in [0.15, 0.2) is 109 Å². The maximum atomic E-state index is 13.7. The smallest absolute Gasteiger partial charge is 0.319 e. The van der Waals surface area contributed by atoms with Crippen LogP contribution in [0, 0.1) is 28.7 Å². The maximum absolute atomic E-state index is 13.7.